The van der Waals surface area contributed by atoms with Gasteiger partial charge >= 0.3 is 6.09 Å². The van der Waals surface area contributed by atoms with Gasteiger partial charge in [-0.1, -0.05) is 6.58 Å². The Morgan fingerprint density at radius 2 is 1.85 bits per heavy atom. The molecule has 1 saturated carbocycles. The van der Waals surface area contributed by atoms with Crippen LogP contribution in [-0.2, 0) is 25.5 Å². The number of benzene rings is 1. The number of carbonyl (C=O) groups is 4. The van der Waals surface area contributed by atoms with Crippen molar-refractivity contribution in [3.63, 3.8) is 0 Å². The Balaban J connectivity index is 1.97. The number of aliphatic hydroxyl groups is 3. The number of ketones is 2. The lowest BCUT2D eigenvalue weighted by Gasteiger charge is -2.50. The smallest absolute Gasteiger partial charge is 0.416 e. The first-order valence-electron chi connectivity index (χ1n) is 12.0. The van der Waals surface area contributed by atoms with E-state index in [-0.39, 0.29) is 29.7 Å². The number of rotatable bonds is 5. The van der Waals surface area contributed by atoms with Crippen molar-refractivity contribution in [3.8, 4) is 5.75 Å². The second-order valence-corrected chi connectivity index (χ2v) is 10.2. The molecule has 3 aliphatic carbocycles. The Bertz CT molecular complexity index is 1390. The number of phenols is 1. The van der Waals surface area contributed by atoms with Crippen molar-refractivity contribution in [3.05, 3.63) is 46.9 Å². The maximum Gasteiger partial charge on any atom is 0.416 e. The second kappa shape index (κ2) is 9.43. The summed E-state index contributed by atoms with van der Waals surface area (Å²) in [5.74, 6) is -7.57. The molecule has 0 radical (unpaired) electrons. The van der Waals surface area contributed by atoms with Crippen LogP contribution in [0.1, 0.15) is 17.5 Å². The number of ether oxygens (including phenoxy) is 1. The van der Waals surface area contributed by atoms with E-state index in [2.05, 4.69) is 16.6 Å². The summed E-state index contributed by atoms with van der Waals surface area (Å²) in [7, 11) is 6.47. The number of amides is 2. The average molecular weight is 543 g/mol. The summed E-state index contributed by atoms with van der Waals surface area (Å²) in [4.78, 5) is 54.3. The van der Waals surface area contributed by atoms with Crippen LogP contribution < -0.4 is 16.0 Å². The Morgan fingerprint density at radius 1 is 1.21 bits per heavy atom. The molecule has 2 unspecified atom stereocenters. The third-order valence-corrected chi connectivity index (χ3v) is 7.61. The Kier molecular flexibility index (Phi) is 6.69. The van der Waals surface area contributed by atoms with Gasteiger partial charge in [0.05, 0.1) is 23.6 Å². The highest BCUT2D eigenvalue weighted by Gasteiger charge is 2.64. The van der Waals surface area contributed by atoms with Crippen molar-refractivity contribution >= 4 is 40.7 Å². The minimum absolute atomic E-state index is 0.0367. The van der Waals surface area contributed by atoms with Crippen molar-refractivity contribution in [2.45, 2.75) is 24.5 Å². The van der Waals surface area contributed by atoms with E-state index < -0.39 is 69.9 Å². The summed E-state index contributed by atoms with van der Waals surface area (Å²) in [6.07, 6.45) is -0.0133. The van der Waals surface area contributed by atoms with Crippen molar-refractivity contribution in [2.75, 3.05) is 38.4 Å². The summed E-state index contributed by atoms with van der Waals surface area (Å²) < 4.78 is 4.65. The molecule has 1 aromatic rings. The fourth-order valence-electron chi connectivity index (χ4n) is 6.00. The fraction of sp³-hybridized carbons (Fsp3) is 0.385. The lowest BCUT2D eigenvalue weighted by Crippen LogP contribution is -2.65. The topological polar surface area (TPSA) is 203 Å². The second-order valence-electron chi connectivity index (χ2n) is 10.2. The minimum Gasteiger partial charge on any atom is -0.508 e. The zero-order valence-corrected chi connectivity index (χ0v) is 21.8. The van der Waals surface area contributed by atoms with E-state index in [0.717, 1.165) is 6.26 Å². The number of aliphatic hydroxyl groups excluding tert-OH is 2. The molecule has 0 saturated heterocycles. The van der Waals surface area contributed by atoms with Gasteiger partial charge in [0.15, 0.2) is 17.1 Å². The highest BCUT2D eigenvalue weighted by atomic mass is 16.5. The van der Waals surface area contributed by atoms with Gasteiger partial charge in [0.2, 0.25) is 5.78 Å². The number of phenolic OH excluding ortho intramolecular Hbond substituents is 1. The van der Waals surface area contributed by atoms with Gasteiger partial charge in [-0.2, -0.15) is 0 Å². The van der Waals surface area contributed by atoms with Crippen LogP contribution in [0.5, 0.6) is 5.75 Å². The summed E-state index contributed by atoms with van der Waals surface area (Å²) in [5.41, 5.74) is 2.06. The van der Waals surface area contributed by atoms with E-state index >= 15 is 0 Å². The normalized spacial score (nSPS) is 26.1. The number of carbonyl (C=O) groups excluding carboxylic acids is 4. The SMILES string of the molecule is C=COC(=O)Nc1cc(N(C)C)c2c(c1O)C(O)=C1C(=O)[C@]3(O)C(O)=C(C(N)=O)C(=O)[C@@H](N(C)C)C3CC1C2. The molecule has 1 aromatic carbocycles. The molecule has 2 amide bonds. The molecule has 0 spiro atoms. The van der Waals surface area contributed by atoms with E-state index in [9.17, 15) is 39.6 Å². The van der Waals surface area contributed by atoms with E-state index in [4.69, 9.17) is 5.73 Å². The zero-order chi connectivity index (χ0) is 29.1. The predicted octanol–water partition coefficient (Wildman–Crippen LogP) is 0.722. The summed E-state index contributed by atoms with van der Waals surface area (Å²) in [5, 5.41) is 47.4. The molecule has 3 aliphatic rings. The van der Waals surface area contributed by atoms with Crippen LogP contribution in [0.15, 0.2) is 35.8 Å². The monoisotopic (exact) mass is 542 g/mol. The van der Waals surface area contributed by atoms with Crippen molar-refractivity contribution in [1.82, 2.24) is 4.90 Å². The molecule has 13 heteroatoms. The van der Waals surface area contributed by atoms with Gasteiger partial charge in [-0.3, -0.25) is 24.6 Å². The number of nitrogens with zero attached hydrogens (tertiary/aromatic N) is 2. The van der Waals surface area contributed by atoms with E-state index in [1.165, 1.54) is 25.1 Å². The molecular formula is C26H30N4O9. The lowest BCUT2D eigenvalue weighted by molar-refractivity contribution is -0.153. The average Bonchev–Trinajstić information content (AvgIpc) is 2.82. The van der Waals surface area contributed by atoms with E-state index in [0.29, 0.717) is 11.3 Å². The first-order valence-corrected chi connectivity index (χ1v) is 12.0. The van der Waals surface area contributed by atoms with Crippen molar-refractivity contribution in [2.24, 2.45) is 17.6 Å². The van der Waals surface area contributed by atoms with Crippen LogP contribution in [0.2, 0.25) is 0 Å². The van der Waals surface area contributed by atoms with Crippen LogP contribution >= 0.6 is 0 Å². The Labute approximate surface area is 223 Å². The molecule has 4 rings (SSSR count). The largest absolute Gasteiger partial charge is 0.508 e. The van der Waals surface area contributed by atoms with Gasteiger partial charge in [-0.15, -0.1) is 0 Å². The molecule has 1 fully saturated rings. The standard InChI is InChI=1S/C26H30N4O9/c1-6-39-25(37)28-13-9-14(29(2)3)11-7-10-8-12-18(30(4)5)21(33)17(24(27)36)23(35)26(12,38)22(34)15(10)20(32)16(11)19(13)31/h6,9-10,12,18,31-32,35,38H,1,7-8H2,2-5H3,(H2,27,36)(H,28,37)/t10?,12?,18-,26-/m0/s1. The number of aromatic hydroxyl groups is 1. The summed E-state index contributed by atoms with van der Waals surface area (Å²) >= 11 is 0. The van der Waals surface area contributed by atoms with Crippen LogP contribution in [0.25, 0.3) is 5.76 Å². The maximum atomic E-state index is 13.9. The highest BCUT2D eigenvalue weighted by molar-refractivity contribution is 6.24. The van der Waals surface area contributed by atoms with Gasteiger partial charge in [0, 0.05) is 31.3 Å². The van der Waals surface area contributed by atoms with E-state index in [1.807, 2.05) is 0 Å². The number of likely N-dealkylation sites (N-methyl/N-ethyl adjacent to an activating group) is 1. The summed E-state index contributed by atoms with van der Waals surface area (Å²) in [6.45, 7) is 3.29. The number of Topliss-reactive ketones (excluding diaryl/α,β-unsaturated/α-hetero) is 2. The molecular weight excluding hydrogens is 512 g/mol. The van der Waals surface area contributed by atoms with Gasteiger partial charge < -0.3 is 35.8 Å². The predicted molar refractivity (Wildman–Crippen MR) is 139 cm³/mol. The molecule has 0 bridgehead atoms. The number of hydrogen-bond donors (Lipinski definition) is 6. The highest BCUT2D eigenvalue weighted by Crippen LogP contribution is 2.54. The third kappa shape index (κ3) is 3.92. The Hall–Kier alpha value is -4.36. The van der Waals surface area contributed by atoms with Crippen LogP contribution in [0, 0.1) is 11.8 Å². The minimum atomic E-state index is -2.74. The van der Waals surface area contributed by atoms with Crippen LogP contribution in [-0.4, -0.2) is 88.7 Å². The molecule has 39 heavy (non-hydrogen) atoms. The first kappa shape index (κ1) is 27.7. The maximum absolute atomic E-state index is 13.9. The fourth-order valence-corrected chi connectivity index (χ4v) is 6.00. The van der Waals surface area contributed by atoms with Gasteiger partial charge in [-0.05, 0) is 44.5 Å². The summed E-state index contributed by atoms with van der Waals surface area (Å²) in [6, 6.07) is 0.296. The van der Waals surface area contributed by atoms with Gasteiger partial charge in [0.1, 0.15) is 17.1 Å². The molecule has 208 valence electrons. The number of primary amides is 1. The number of nitrogens with one attached hydrogen (secondary N) is 1. The number of nitrogens with two attached hydrogens (primary N) is 1. The van der Waals surface area contributed by atoms with Gasteiger partial charge in [-0.25, -0.2) is 4.79 Å². The van der Waals surface area contributed by atoms with Gasteiger partial charge in [0.25, 0.3) is 5.91 Å². The number of fused-ring (bicyclic) bond motifs is 3. The molecule has 0 heterocycles. The quantitative estimate of drug-likeness (QED) is 0.174. The lowest BCUT2D eigenvalue weighted by atomic mass is 9.57. The molecule has 13 nitrogen and oxygen atoms in total. The third-order valence-electron chi connectivity index (χ3n) is 7.61. The molecule has 7 N–H and O–H groups in total. The van der Waals surface area contributed by atoms with Crippen LogP contribution in [0.3, 0.4) is 0 Å². The molecule has 0 aliphatic heterocycles. The number of anilines is 2. The van der Waals surface area contributed by atoms with Crippen molar-refractivity contribution < 1.29 is 44.3 Å². The van der Waals surface area contributed by atoms with Crippen molar-refractivity contribution in [1.29, 1.82) is 0 Å². The molecule has 4 atom stereocenters. The number of hydrogen-bond acceptors (Lipinski definition) is 11. The first-order chi connectivity index (χ1) is 18.2. The zero-order valence-electron chi connectivity index (χ0n) is 21.8. The van der Waals surface area contributed by atoms with E-state index in [1.54, 1.807) is 19.0 Å². The molecule has 0 aromatic heterocycles. The Morgan fingerprint density at radius 3 is 2.38 bits per heavy atom. The van der Waals surface area contributed by atoms with Crippen LogP contribution in [0.4, 0.5) is 16.2 Å².